The van der Waals surface area contributed by atoms with Crippen LogP contribution in [0.1, 0.15) is 29.0 Å². The van der Waals surface area contributed by atoms with Crippen molar-refractivity contribution in [3.63, 3.8) is 0 Å². The molecule has 2 aromatic rings. The lowest BCUT2D eigenvalue weighted by Gasteiger charge is -2.25. The van der Waals surface area contributed by atoms with E-state index in [1.165, 1.54) is 7.11 Å². The minimum absolute atomic E-state index is 0.0341. The topological polar surface area (TPSA) is 54.0 Å². The predicted molar refractivity (Wildman–Crippen MR) is 92.8 cm³/mol. The van der Waals surface area contributed by atoms with E-state index in [1.807, 2.05) is 42.5 Å². The molecule has 0 radical (unpaired) electrons. The number of fused-ring (bicyclic) bond motifs is 1. The molecule has 0 spiro atoms. The molecule has 1 atom stereocenters. The lowest BCUT2D eigenvalue weighted by atomic mass is 9.90. The van der Waals surface area contributed by atoms with Crippen molar-refractivity contribution in [2.75, 3.05) is 20.8 Å². The van der Waals surface area contributed by atoms with Crippen molar-refractivity contribution in [3.8, 4) is 11.5 Å². The number of carbonyl (C=O) groups excluding carboxylic acids is 1. The molecule has 3 rings (SSSR count). The Balaban J connectivity index is 1.66. The summed E-state index contributed by atoms with van der Waals surface area (Å²) in [4.78, 5) is 11.6. The van der Waals surface area contributed by atoms with Crippen LogP contribution in [0.3, 0.4) is 0 Å². The van der Waals surface area contributed by atoms with Crippen LogP contribution in [-0.2, 0) is 27.5 Å². The van der Waals surface area contributed by atoms with Crippen molar-refractivity contribution in [2.45, 2.75) is 25.6 Å². The van der Waals surface area contributed by atoms with E-state index in [4.69, 9.17) is 18.9 Å². The maximum Gasteiger partial charge on any atom is 0.306 e. The molecule has 5 heteroatoms. The van der Waals surface area contributed by atoms with Crippen LogP contribution >= 0.6 is 0 Å². The Kier molecular flexibility index (Phi) is 5.56. The number of carbonyl (C=O) groups is 1. The van der Waals surface area contributed by atoms with Crippen molar-refractivity contribution in [2.24, 2.45) is 0 Å². The molecule has 0 aliphatic carbocycles. The van der Waals surface area contributed by atoms with E-state index >= 15 is 0 Å². The molecule has 2 aromatic carbocycles. The SMILES string of the molecule is COC(=O)CC1COCc2cc(OCc3ccc(OC)cc3)ccc21. The van der Waals surface area contributed by atoms with Gasteiger partial charge >= 0.3 is 5.97 Å². The number of methoxy groups -OCH3 is 2. The fraction of sp³-hybridized carbons (Fsp3) is 0.350. The van der Waals surface area contributed by atoms with Crippen LogP contribution in [0.15, 0.2) is 42.5 Å². The Morgan fingerprint density at radius 2 is 1.88 bits per heavy atom. The van der Waals surface area contributed by atoms with Gasteiger partial charge in [0, 0.05) is 5.92 Å². The second kappa shape index (κ2) is 8.03. The van der Waals surface area contributed by atoms with Crippen molar-refractivity contribution < 1.29 is 23.7 Å². The summed E-state index contributed by atoms with van der Waals surface area (Å²) in [6.45, 7) is 1.55. The quantitative estimate of drug-likeness (QED) is 0.753. The van der Waals surface area contributed by atoms with Gasteiger partial charge in [-0.25, -0.2) is 0 Å². The summed E-state index contributed by atoms with van der Waals surface area (Å²) >= 11 is 0. The van der Waals surface area contributed by atoms with Crippen molar-refractivity contribution >= 4 is 5.97 Å². The highest BCUT2D eigenvalue weighted by atomic mass is 16.5. The van der Waals surface area contributed by atoms with Crippen LogP contribution in [-0.4, -0.2) is 26.8 Å². The molecular weight excluding hydrogens is 320 g/mol. The van der Waals surface area contributed by atoms with Gasteiger partial charge in [-0.05, 0) is 41.0 Å². The number of ether oxygens (including phenoxy) is 4. The predicted octanol–water partition coefficient (Wildman–Crippen LogP) is 3.45. The maximum atomic E-state index is 11.6. The average molecular weight is 342 g/mol. The Labute approximate surface area is 147 Å². The van der Waals surface area contributed by atoms with Crippen molar-refractivity contribution in [3.05, 3.63) is 59.2 Å². The zero-order valence-corrected chi connectivity index (χ0v) is 14.5. The average Bonchev–Trinajstić information content (AvgIpc) is 2.66. The monoisotopic (exact) mass is 342 g/mol. The molecule has 132 valence electrons. The summed E-state index contributed by atoms with van der Waals surface area (Å²) in [5.74, 6) is 1.43. The first-order chi connectivity index (χ1) is 12.2. The third-order valence-electron chi connectivity index (χ3n) is 4.34. The standard InChI is InChI=1S/C20H22O5/c1-22-17-5-3-14(4-6-17)11-25-18-7-8-19-15(9-18)12-24-13-16(19)10-20(21)23-2/h3-9,16H,10-13H2,1-2H3. The second-order valence-corrected chi connectivity index (χ2v) is 5.99. The number of esters is 1. The first-order valence-electron chi connectivity index (χ1n) is 8.22. The Hall–Kier alpha value is -2.53. The summed E-state index contributed by atoms with van der Waals surface area (Å²) in [7, 11) is 3.05. The number of rotatable bonds is 6. The number of hydrogen-bond donors (Lipinski definition) is 0. The van der Waals surface area contributed by atoms with Gasteiger partial charge in [0.15, 0.2) is 0 Å². The lowest BCUT2D eigenvalue weighted by molar-refractivity contribution is -0.141. The zero-order chi connectivity index (χ0) is 17.6. The molecule has 0 fully saturated rings. The van der Waals surface area contributed by atoms with E-state index < -0.39 is 0 Å². The largest absolute Gasteiger partial charge is 0.497 e. The minimum Gasteiger partial charge on any atom is -0.497 e. The first kappa shape index (κ1) is 17.3. The van der Waals surface area contributed by atoms with Crippen LogP contribution in [0.2, 0.25) is 0 Å². The van der Waals surface area contributed by atoms with Crippen LogP contribution in [0.4, 0.5) is 0 Å². The fourth-order valence-corrected chi connectivity index (χ4v) is 2.94. The molecule has 0 amide bonds. The highest BCUT2D eigenvalue weighted by Crippen LogP contribution is 2.32. The molecule has 25 heavy (non-hydrogen) atoms. The summed E-state index contributed by atoms with van der Waals surface area (Å²) in [5.41, 5.74) is 3.26. The molecule has 1 aliphatic rings. The Morgan fingerprint density at radius 3 is 2.60 bits per heavy atom. The smallest absolute Gasteiger partial charge is 0.306 e. The minimum atomic E-state index is -0.221. The highest BCUT2D eigenvalue weighted by molar-refractivity contribution is 5.70. The van der Waals surface area contributed by atoms with Gasteiger partial charge in [0.25, 0.3) is 0 Å². The molecule has 1 unspecified atom stereocenters. The molecule has 0 aromatic heterocycles. The maximum absolute atomic E-state index is 11.6. The second-order valence-electron chi connectivity index (χ2n) is 5.99. The normalized spacial score (nSPS) is 16.0. The summed E-state index contributed by atoms with van der Waals surface area (Å²) in [6, 6.07) is 13.7. The van der Waals surface area contributed by atoms with Crippen molar-refractivity contribution in [1.29, 1.82) is 0 Å². The van der Waals surface area contributed by atoms with E-state index in [9.17, 15) is 4.79 Å². The van der Waals surface area contributed by atoms with Crippen LogP contribution in [0.5, 0.6) is 11.5 Å². The van der Waals surface area contributed by atoms with E-state index in [0.29, 0.717) is 26.2 Å². The first-order valence-corrected chi connectivity index (χ1v) is 8.22. The molecule has 0 bridgehead atoms. The summed E-state index contributed by atoms with van der Waals surface area (Å²) in [6.07, 6.45) is 0.329. The van der Waals surface area contributed by atoms with Gasteiger partial charge < -0.3 is 18.9 Å². The van der Waals surface area contributed by atoms with Gasteiger partial charge in [0.2, 0.25) is 0 Å². The lowest BCUT2D eigenvalue weighted by Crippen LogP contribution is -2.20. The van der Waals surface area contributed by atoms with Gasteiger partial charge in [-0.3, -0.25) is 4.79 Å². The van der Waals surface area contributed by atoms with E-state index in [2.05, 4.69) is 0 Å². The zero-order valence-electron chi connectivity index (χ0n) is 14.5. The molecule has 0 saturated heterocycles. The summed E-state index contributed by atoms with van der Waals surface area (Å²) < 4.78 is 21.4. The van der Waals surface area contributed by atoms with Gasteiger partial charge in [-0.15, -0.1) is 0 Å². The molecule has 5 nitrogen and oxygen atoms in total. The van der Waals surface area contributed by atoms with Gasteiger partial charge in [0.05, 0.1) is 33.9 Å². The van der Waals surface area contributed by atoms with Crippen molar-refractivity contribution in [1.82, 2.24) is 0 Å². The Morgan fingerprint density at radius 1 is 1.12 bits per heavy atom. The van der Waals surface area contributed by atoms with E-state index in [0.717, 1.165) is 28.2 Å². The number of benzene rings is 2. The highest BCUT2D eigenvalue weighted by Gasteiger charge is 2.24. The third-order valence-corrected chi connectivity index (χ3v) is 4.34. The van der Waals surface area contributed by atoms with Gasteiger partial charge in [-0.1, -0.05) is 18.2 Å². The molecule has 1 heterocycles. The van der Waals surface area contributed by atoms with Crippen LogP contribution in [0.25, 0.3) is 0 Å². The molecular formula is C20H22O5. The Bertz CT molecular complexity index is 723. The molecule has 1 aliphatic heterocycles. The van der Waals surface area contributed by atoms with Crippen LogP contribution in [0, 0.1) is 0 Å². The molecule has 0 saturated carbocycles. The molecule has 0 N–H and O–H groups in total. The van der Waals surface area contributed by atoms with E-state index in [1.54, 1.807) is 7.11 Å². The fourth-order valence-electron chi connectivity index (χ4n) is 2.94. The van der Waals surface area contributed by atoms with Crippen LogP contribution < -0.4 is 9.47 Å². The van der Waals surface area contributed by atoms with Gasteiger partial charge in [-0.2, -0.15) is 0 Å². The third kappa shape index (κ3) is 4.31. The number of hydrogen-bond acceptors (Lipinski definition) is 5. The van der Waals surface area contributed by atoms with Gasteiger partial charge in [0.1, 0.15) is 18.1 Å². The summed E-state index contributed by atoms with van der Waals surface area (Å²) in [5, 5.41) is 0. The van der Waals surface area contributed by atoms with E-state index in [-0.39, 0.29) is 11.9 Å².